The number of ether oxygens (including phenoxy) is 2. The molecule has 2 unspecified atom stereocenters. The van der Waals surface area contributed by atoms with Crippen LogP contribution in [-0.4, -0.2) is 47.4 Å². The van der Waals surface area contributed by atoms with Crippen molar-refractivity contribution in [3.8, 4) is 5.75 Å². The van der Waals surface area contributed by atoms with Crippen LogP contribution in [0.15, 0.2) is 78.4 Å². The molecule has 3 aromatic rings. The van der Waals surface area contributed by atoms with Gasteiger partial charge in [0.2, 0.25) is 0 Å². The van der Waals surface area contributed by atoms with Gasteiger partial charge in [0.05, 0.1) is 24.3 Å². The van der Waals surface area contributed by atoms with Crippen molar-refractivity contribution in [2.24, 2.45) is 0 Å². The Morgan fingerprint density at radius 2 is 1.73 bits per heavy atom. The number of hydrogen-bond donors (Lipinski definition) is 1. The first-order valence-corrected chi connectivity index (χ1v) is 12.2. The minimum Gasteiger partial charge on any atom is -0.507 e. The molecule has 0 aromatic heterocycles. The second-order valence-corrected chi connectivity index (χ2v) is 9.30. The number of aliphatic hydroxyl groups is 1. The third kappa shape index (κ3) is 4.60. The van der Waals surface area contributed by atoms with Crippen LogP contribution in [0, 0.1) is 0 Å². The monoisotopic (exact) mass is 497 g/mol. The van der Waals surface area contributed by atoms with Gasteiger partial charge in [-0.25, -0.2) is 4.79 Å². The van der Waals surface area contributed by atoms with Crippen LogP contribution in [0.4, 0.5) is 0 Å². The number of carbonyl (C=O) groups is 3. The highest BCUT2D eigenvalue weighted by Gasteiger charge is 2.46. The van der Waals surface area contributed by atoms with E-state index in [0.717, 1.165) is 16.9 Å². The number of hydrogen-bond acceptors (Lipinski definition) is 6. The number of amides is 1. The van der Waals surface area contributed by atoms with Crippen molar-refractivity contribution in [1.82, 2.24) is 4.90 Å². The van der Waals surface area contributed by atoms with Crippen LogP contribution in [0.5, 0.6) is 5.75 Å². The number of rotatable bonds is 6. The lowest BCUT2D eigenvalue weighted by molar-refractivity contribution is -0.139. The predicted molar refractivity (Wildman–Crippen MR) is 137 cm³/mol. The molecule has 1 fully saturated rings. The Kier molecular flexibility index (Phi) is 6.53. The van der Waals surface area contributed by atoms with Crippen LogP contribution >= 0.6 is 0 Å². The lowest BCUT2D eigenvalue weighted by atomic mass is 9.93. The highest BCUT2D eigenvalue weighted by molar-refractivity contribution is 6.46. The van der Waals surface area contributed by atoms with Gasteiger partial charge in [-0.15, -0.1) is 0 Å². The maximum atomic E-state index is 13.3. The minimum absolute atomic E-state index is 0.0239. The van der Waals surface area contributed by atoms with Crippen LogP contribution in [0.1, 0.15) is 45.6 Å². The van der Waals surface area contributed by atoms with Gasteiger partial charge in [0.25, 0.3) is 11.7 Å². The molecular weight excluding hydrogens is 470 g/mol. The summed E-state index contributed by atoms with van der Waals surface area (Å²) in [5.41, 5.74) is 3.40. The number of methoxy groups -OCH3 is 1. The van der Waals surface area contributed by atoms with E-state index in [9.17, 15) is 19.5 Å². The van der Waals surface area contributed by atoms with Gasteiger partial charge in [0.15, 0.2) is 0 Å². The Bertz CT molecular complexity index is 1390. The number of nitrogens with zero attached hydrogens (tertiary/aromatic N) is 1. The summed E-state index contributed by atoms with van der Waals surface area (Å²) in [7, 11) is 1.30. The molecule has 188 valence electrons. The molecular formula is C30H27NO6. The number of esters is 1. The predicted octanol–water partition coefficient (Wildman–Crippen LogP) is 4.46. The van der Waals surface area contributed by atoms with E-state index in [4.69, 9.17) is 9.47 Å². The second kappa shape index (κ2) is 9.93. The smallest absolute Gasteiger partial charge is 0.337 e. The van der Waals surface area contributed by atoms with Gasteiger partial charge >= 0.3 is 5.97 Å². The summed E-state index contributed by atoms with van der Waals surface area (Å²) in [4.78, 5) is 40.0. The molecule has 2 aliphatic rings. The molecule has 5 rings (SSSR count). The Morgan fingerprint density at radius 3 is 2.43 bits per heavy atom. The summed E-state index contributed by atoms with van der Waals surface area (Å²) in [5, 5.41) is 11.4. The van der Waals surface area contributed by atoms with E-state index in [-0.39, 0.29) is 24.0 Å². The van der Waals surface area contributed by atoms with Crippen LogP contribution in [0.2, 0.25) is 0 Å². The Labute approximate surface area is 214 Å². The number of carbonyl (C=O) groups excluding carboxylic acids is 3. The van der Waals surface area contributed by atoms with Crippen molar-refractivity contribution in [1.29, 1.82) is 0 Å². The summed E-state index contributed by atoms with van der Waals surface area (Å²) in [6, 6.07) is 20.7. The lowest BCUT2D eigenvalue weighted by Crippen LogP contribution is -2.31. The van der Waals surface area contributed by atoms with E-state index in [0.29, 0.717) is 29.5 Å². The maximum Gasteiger partial charge on any atom is 0.337 e. The molecule has 2 aliphatic heterocycles. The SMILES string of the molecule is COC(=O)c1ccc(C2/C(=C(/O)c3ccc4c(c3)CC(C)O4)C(=O)C(=O)N2CCc2ccccc2)cc1. The third-order valence-electron chi connectivity index (χ3n) is 6.84. The topological polar surface area (TPSA) is 93.1 Å². The van der Waals surface area contributed by atoms with Gasteiger partial charge in [-0.2, -0.15) is 0 Å². The Hall–Kier alpha value is -4.39. The van der Waals surface area contributed by atoms with Crippen molar-refractivity contribution in [3.05, 3.63) is 106 Å². The van der Waals surface area contributed by atoms with Crippen molar-refractivity contribution in [2.75, 3.05) is 13.7 Å². The number of likely N-dealkylation sites (tertiary alicyclic amines) is 1. The molecule has 7 nitrogen and oxygen atoms in total. The van der Waals surface area contributed by atoms with Gasteiger partial charge in [0.1, 0.15) is 17.6 Å². The van der Waals surface area contributed by atoms with Crippen LogP contribution in [0.25, 0.3) is 5.76 Å². The van der Waals surface area contributed by atoms with Crippen molar-refractivity contribution >= 4 is 23.4 Å². The zero-order valence-electron chi connectivity index (χ0n) is 20.6. The fourth-order valence-corrected chi connectivity index (χ4v) is 5.00. The highest BCUT2D eigenvalue weighted by atomic mass is 16.5. The molecule has 0 bridgehead atoms. The van der Waals surface area contributed by atoms with Gasteiger partial charge in [-0.1, -0.05) is 42.5 Å². The number of aliphatic hydroxyl groups excluding tert-OH is 1. The lowest BCUT2D eigenvalue weighted by Gasteiger charge is -2.25. The Morgan fingerprint density at radius 1 is 1.03 bits per heavy atom. The van der Waals surface area contributed by atoms with E-state index >= 15 is 0 Å². The molecule has 0 saturated carbocycles. The average molecular weight is 498 g/mol. The molecule has 2 heterocycles. The van der Waals surface area contributed by atoms with Gasteiger partial charge in [0, 0.05) is 18.5 Å². The summed E-state index contributed by atoms with van der Waals surface area (Å²) in [6.45, 7) is 2.25. The number of benzene rings is 3. The summed E-state index contributed by atoms with van der Waals surface area (Å²) in [6.07, 6.45) is 1.27. The molecule has 7 heteroatoms. The molecule has 1 saturated heterocycles. The number of ketones is 1. The fourth-order valence-electron chi connectivity index (χ4n) is 5.00. The van der Waals surface area contributed by atoms with Crippen LogP contribution < -0.4 is 4.74 Å². The molecule has 3 aromatic carbocycles. The first kappa shape index (κ1) is 24.3. The van der Waals surface area contributed by atoms with E-state index in [1.807, 2.05) is 43.3 Å². The third-order valence-corrected chi connectivity index (χ3v) is 6.84. The fraction of sp³-hybridized carbons (Fsp3) is 0.233. The molecule has 0 radical (unpaired) electrons. The second-order valence-electron chi connectivity index (χ2n) is 9.30. The Balaban J connectivity index is 1.57. The average Bonchev–Trinajstić information content (AvgIpc) is 3.42. The maximum absolute atomic E-state index is 13.3. The van der Waals surface area contributed by atoms with Crippen molar-refractivity contribution in [2.45, 2.75) is 31.9 Å². The van der Waals surface area contributed by atoms with E-state index in [1.54, 1.807) is 36.4 Å². The standard InChI is InChI=1S/C30H27NO6/c1-18-16-23-17-22(12-13-24(23)37-18)27(32)25-26(20-8-10-21(11-9-20)30(35)36-2)31(29(34)28(25)33)15-14-19-6-4-3-5-7-19/h3-13,17-18,26,32H,14-16H2,1-2H3/b27-25-. The van der Waals surface area contributed by atoms with Crippen molar-refractivity contribution in [3.63, 3.8) is 0 Å². The first-order chi connectivity index (χ1) is 17.9. The quantitative estimate of drug-likeness (QED) is 0.234. The highest BCUT2D eigenvalue weighted by Crippen LogP contribution is 2.40. The zero-order chi connectivity index (χ0) is 26.1. The molecule has 0 aliphatic carbocycles. The van der Waals surface area contributed by atoms with E-state index in [2.05, 4.69) is 0 Å². The number of Topliss-reactive ketones (excluding diaryl/α,β-unsaturated/α-hetero) is 1. The first-order valence-electron chi connectivity index (χ1n) is 12.2. The molecule has 0 spiro atoms. The zero-order valence-corrected chi connectivity index (χ0v) is 20.6. The molecule has 2 atom stereocenters. The molecule has 1 N–H and O–H groups in total. The molecule has 1 amide bonds. The largest absolute Gasteiger partial charge is 0.507 e. The molecule has 37 heavy (non-hydrogen) atoms. The van der Waals surface area contributed by atoms with Gasteiger partial charge in [-0.3, -0.25) is 9.59 Å². The van der Waals surface area contributed by atoms with Crippen LogP contribution in [0.3, 0.4) is 0 Å². The number of fused-ring (bicyclic) bond motifs is 1. The summed E-state index contributed by atoms with van der Waals surface area (Å²) >= 11 is 0. The normalized spacial score (nSPS) is 20.0. The minimum atomic E-state index is -0.807. The summed E-state index contributed by atoms with van der Waals surface area (Å²) in [5.74, 6) is -1.37. The van der Waals surface area contributed by atoms with E-state index < -0.39 is 23.7 Å². The van der Waals surface area contributed by atoms with Crippen molar-refractivity contribution < 1.29 is 29.0 Å². The van der Waals surface area contributed by atoms with E-state index in [1.165, 1.54) is 12.0 Å². The summed E-state index contributed by atoms with van der Waals surface area (Å²) < 4.78 is 10.6. The van der Waals surface area contributed by atoms with Gasteiger partial charge in [-0.05, 0) is 60.4 Å². The van der Waals surface area contributed by atoms with Gasteiger partial charge < -0.3 is 19.5 Å². The van der Waals surface area contributed by atoms with Crippen LogP contribution in [-0.2, 0) is 27.2 Å².